The third-order valence-electron chi connectivity index (χ3n) is 15.7. The molecular formula is C66H83Cl2F5N9O30P3. The molecule has 3 unspecified atom stereocenters. The Morgan fingerprint density at radius 1 is 0.591 bits per heavy atom. The highest BCUT2D eigenvalue weighted by Crippen LogP contribution is 2.56. The van der Waals surface area contributed by atoms with Crippen molar-refractivity contribution >= 4 is 64.3 Å². The zero-order valence-corrected chi connectivity index (χ0v) is 66.0. The molecule has 12 N–H and O–H groups in total. The van der Waals surface area contributed by atoms with E-state index in [1.165, 1.54) is 76.2 Å². The van der Waals surface area contributed by atoms with E-state index in [1.807, 2.05) is 20.0 Å². The maximum atomic E-state index is 14.0. The molecule has 4 aliphatic rings. The molecule has 49 heteroatoms. The summed E-state index contributed by atoms with van der Waals surface area (Å²) in [7, 11) is -14.4. The van der Waals surface area contributed by atoms with Crippen LogP contribution >= 0.6 is 46.4 Å². The first-order valence-corrected chi connectivity index (χ1v) is 38.8. The Morgan fingerprint density at radius 3 is 1.34 bits per heavy atom. The van der Waals surface area contributed by atoms with E-state index in [0.717, 1.165) is 46.3 Å². The van der Waals surface area contributed by atoms with Crippen molar-refractivity contribution in [3.05, 3.63) is 187 Å². The van der Waals surface area contributed by atoms with Gasteiger partial charge in [-0.2, -0.15) is 19.0 Å². The van der Waals surface area contributed by atoms with Gasteiger partial charge in [-0.3, -0.25) is 71.0 Å². The molecule has 0 aliphatic carbocycles. The summed E-state index contributed by atoms with van der Waals surface area (Å²) in [6, 6.07) is 4.51. The Morgan fingerprint density at radius 2 is 0.948 bits per heavy atom. The number of hydrogen-bond acceptors (Lipinski definition) is 30. The number of fused-ring (bicyclic) bond motifs is 1. The molecule has 6 aromatic rings. The van der Waals surface area contributed by atoms with Crippen LogP contribution in [0, 0.1) is 29.1 Å². The number of halogens is 7. The molecule has 4 fully saturated rings. The molecule has 4 aliphatic heterocycles. The number of H-pyrrole nitrogens is 3. The maximum Gasteiger partial charge on any atom is 0.513 e. The predicted octanol–water partition coefficient (Wildman–Crippen LogP) is 4.04. The van der Waals surface area contributed by atoms with Gasteiger partial charge >= 0.3 is 58.2 Å². The van der Waals surface area contributed by atoms with Crippen LogP contribution in [0.3, 0.4) is 0 Å². The summed E-state index contributed by atoms with van der Waals surface area (Å²) in [4.78, 5) is 113. The summed E-state index contributed by atoms with van der Waals surface area (Å²) in [5, 5.41) is 69.5. The van der Waals surface area contributed by atoms with Gasteiger partial charge < -0.3 is 72.6 Å². The van der Waals surface area contributed by atoms with Crippen molar-refractivity contribution in [1.82, 2.24) is 43.9 Å². The Kier molecular flexibility index (Phi) is 27.0. The molecule has 0 bridgehead atoms. The smallest absolute Gasteiger partial charge is 0.462 e. The van der Waals surface area contributed by atoms with Gasteiger partial charge in [0.2, 0.25) is 34.8 Å². The van der Waals surface area contributed by atoms with Crippen molar-refractivity contribution in [2.24, 2.45) is 0 Å². The normalized spacial score (nSPS) is 28.5. The van der Waals surface area contributed by atoms with E-state index in [2.05, 4.69) is 14.7 Å². The molecule has 3 aromatic heterocycles. The number of carbonyl (C=O) groups is 3. The molecule has 0 radical (unpaired) electrons. The van der Waals surface area contributed by atoms with Gasteiger partial charge in [0.05, 0.1) is 50.3 Å². The lowest BCUT2D eigenvalue weighted by atomic mass is 9.96. The Hall–Kier alpha value is -8.17. The van der Waals surface area contributed by atoms with Gasteiger partial charge in [0, 0.05) is 46.8 Å². The number of benzene rings is 3. The molecule has 0 spiro atoms. The summed E-state index contributed by atoms with van der Waals surface area (Å²) in [6.45, 7) is 7.45. The molecule has 636 valence electrons. The average Bonchev–Trinajstić information content (AvgIpc) is 1.57. The number of aliphatic hydroxyl groups excluding tert-OH is 2. The number of ether oxygens (including phenoxy) is 6. The minimum absolute atomic E-state index is 0.0963. The van der Waals surface area contributed by atoms with Crippen LogP contribution in [0.2, 0.25) is 10.0 Å². The highest BCUT2D eigenvalue weighted by molar-refractivity contribution is 7.52. The molecule has 115 heavy (non-hydrogen) atoms. The van der Waals surface area contributed by atoms with Crippen LogP contribution in [0.5, 0.6) is 17.2 Å². The molecule has 7 heterocycles. The minimum Gasteiger partial charge on any atom is -0.462 e. The summed E-state index contributed by atoms with van der Waals surface area (Å²) >= 11 is 11.6. The van der Waals surface area contributed by atoms with Crippen molar-refractivity contribution in [1.29, 1.82) is 0 Å². The Balaban J connectivity index is 0.000000232. The fourth-order valence-corrected chi connectivity index (χ4v) is 14.8. The lowest BCUT2D eigenvalue weighted by Gasteiger charge is -2.36. The minimum atomic E-state index is -4.97. The van der Waals surface area contributed by atoms with Crippen molar-refractivity contribution in [2.45, 2.75) is 192 Å². The summed E-state index contributed by atoms with van der Waals surface area (Å²) in [6.07, 6.45) is -15.4. The molecule has 0 saturated carbocycles. The van der Waals surface area contributed by atoms with Crippen molar-refractivity contribution in [2.75, 3.05) is 19.7 Å². The summed E-state index contributed by atoms with van der Waals surface area (Å²) < 4.78 is 242. The lowest BCUT2D eigenvalue weighted by molar-refractivity contribution is -0.150. The second-order valence-electron chi connectivity index (χ2n) is 26.3. The van der Waals surface area contributed by atoms with Crippen molar-refractivity contribution < 1.29 is 149 Å². The van der Waals surface area contributed by atoms with E-state index >= 15 is 0 Å². The lowest BCUT2D eigenvalue weighted by Crippen LogP contribution is -2.50. The third-order valence-corrected chi connectivity index (χ3v) is 20.8. The van der Waals surface area contributed by atoms with E-state index in [0.29, 0.717) is 18.7 Å². The molecule has 4 saturated heterocycles. The largest absolute Gasteiger partial charge is 0.513 e. The number of esters is 3. The van der Waals surface area contributed by atoms with Crippen LogP contribution < -0.4 is 62.6 Å². The fraction of sp³-hybridized carbons (Fsp3) is 0.500. The van der Waals surface area contributed by atoms with Gasteiger partial charge in [0.1, 0.15) is 83.1 Å². The van der Waals surface area contributed by atoms with Gasteiger partial charge in [-0.15, -0.1) is 0 Å². The Labute approximate surface area is 670 Å². The molecule has 3 aromatic carbocycles. The van der Waals surface area contributed by atoms with E-state index in [1.54, 1.807) is 27.7 Å². The third kappa shape index (κ3) is 23.6. The topological polar surface area (TPSA) is 535 Å². The average molecular weight is 1750 g/mol. The van der Waals surface area contributed by atoms with Crippen LogP contribution in [0.1, 0.15) is 114 Å². The highest BCUT2D eigenvalue weighted by Gasteiger charge is 2.61. The zero-order valence-electron chi connectivity index (χ0n) is 70.8. The first kappa shape index (κ1) is 80.6. The van der Waals surface area contributed by atoms with Crippen molar-refractivity contribution in [3.8, 4) is 17.2 Å². The van der Waals surface area contributed by atoms with Crippen LogP contribution in [0.15, 0.2) is 114 Å². The van der Waals surface area contributed by atoms with Crippen molar-refractivity contribution in [3.63, 3.8) is 0 Å². The van der Waals surface area contributed by atoms with Gasteiger partial charge in [0.15, 0.2) is 18.7 Å². The standard InChI is InChI=1S/C22H29ClN3O10P.C18H16ClF5NO5P.C16H24N3O9P.C10H14N2O6/c1-12(2)34-19(29)13(3)25-37(32,36-15-7-5-14(23)6-8-15)33-11-16-18(28)22(4,31)20(35-16)26-10-9-17(27)24-21(26)30;1-8(2)28-18(26)9(3)25-31(27,29-11-6-4-10(19)5-7-11)30-17-15(23)13(21)12(20)14(22)16(17)24;1-8(2)26-13(21)9(3)18-29(24)25-7-10-12(28-29)16(4,23)14(27-10)19-6-5-11(20)17-15(19)22;1-10(17)7(15)5(4-13)18-8(10)12-3-2-6(14)11-9(12)16/h5-10,12-13,16,18,20,28,31H,11H2,1-4H3,(H,25,32)(H,24,27,30);4-9H,1-3H3,(H,25,27);5-6,8-10,12,14,23H,7H2,1-4H3,(H,18,24)(H,17,20,22);2-3,5,7-8,13,15,17H,4H2,1H3,(H,11,14,16)/t13-,16+,18+,20+,22+,37?;9-,31?;9-,10+,12+,14+,16+,29?;5-,7-,8-,10-/m0001/s1/i9D,11D2;;5D,7D2;2D,4D2. The molecular weight excluding hydrogens is 1660 g/mol. The van der Waals surface area contributed by atoms with Gasteiger partial charge in [0.25, 0.3) is 16.7 Å². The molecule has 0 amide bonds. The highest BCUT2D eigenvalue weighted by atomic mass is 35.5. The van der Waals surface area contributed by atoms with Gasteiger partial charge in [-0.1, -0.05) is 23.2 Å². The first-order valence-electron chi connectivity index (χ1n) is 37.9. The van der Waals surface area contributed by atoms with E-state index in [-0.39, 0.29) is 16.5 Å². The summed E-state index contributed by atoms with van der Waals surface area (Å²) in [5.41, 5.74) is -12.8. The van der Waals surface area contributed by atoms with Crippen LogP contribution in [0.25, 0.3) is 0 Å². The van der Waals surface area contributed by atoms with Gasteiger partial charge in [-0.25, -0.2) is 46.3 Å². The number of nitrogens with zero attached hydrogens (tertiary/aromatic N) is 3. The second-order valence-corrected chi connectivity index (χ2v) is 32.0. The number of carbonyl (C=O) groups excluding carboxylic acids is 3. The van der Waals surface area contributed by atoms with E-state index in [4.69, 9.17) is 86.6 Å². The predicted molar refractivity (Wildman–Crippen MR) is 389 cm³/mol. The zero-order chi connectivity index (χ0) is 94.1. The number of aromatic amines is 3. The molecule has 18 atom stereocenters. The number of hydrogen-bond donors (Lipinski definition) is 12. The SMILES string of the molecule is CC(C)OC(=O)[C@H](C)NP(=O)(Oc1ccc(Cl)cc1)Oc1c(F)c(F)c(F)c(F)c1F.[2H]c1cn([C@@H]2O[C@H](C([2H])([2H])O)[C@@H](O)[C@@]2(C)O)c(=O)[nH]c1=O.[2H]c1cn([C@@H]2O[C@H](C([2H])([2H])OP(=O)(N[C@@H](C)C(=O)OC(C)C)Oc3ccc(Cl)cc3)[C@@H](O)[C@@]2(C)O)c(=O)[nH]c1=O.[2H]c1cn([C@@H]2O[C@H]3[C@@H](OP(=O)(N[C@@H](C)C(=O)OC(C)C)OC3([2H])[2H])[C@@]2(C)O)c(=O)[nH]c1=O. The second kappa shape index (κ2) is 38.5. The Bertz CT molecular complexity index is 5440. The fourth-order valence-electron chi connectivity index (χ4n) is 10.1. The van der Waals surface area contributed by atoms with Crippen LogP contribution in [-0.4, -0.2) is 187 Å². The van der Waals surface area contributed by atoms with E-state index in [9.17, 15) is 109 Å². The number of rotatable bonds is 25. The van der Waals surface area contributed by atoms with Crippen LogP contribution in [0.4, 0.5) is 22.0 Å². The van der Waals surface area contributed by atoms with Crippen LogP contribution in [-0.2, 0) is 70.1 Å². The van der Waals surface area contributed by atoms with E-state index < -0.39 is 256 Å². The quantitative estimate of drug-likeness (QED) is 0.00960. The number of aromatic nitrogens is 6. The van der Waals surface area contributed by atoms with Gasteiger partial charge in [-0.05, 0) is 132 Å². The first-order chi connectivity index (χ1) is 56.7. The number of aliphatic hydroxyl groups is 6. The molecule has 39 nitrogen and oxygen atoms in total. The summed E-state index contributed by atoms with van der Waals surface area (Å²) in [5.74, 6) is -16.6. The molecule has 10 rings (SSSR count). The number of nitrogens with one attached hydrogen (secondary N) is 6. The maximum absolute atomic E-state index is 14.0. The monoisotopic (exact) mass is 1750 g/mol.